The van der Waals surface area contributed by atoms with Gasteiger partial charge in [0.1, 0.15) is 6.07 Å². The van der Waals surface area contributed by atoms with Crippen LogP contribution in [-0.4, -0.2) is 11.2 Å². The summed E-state index contributed by atoms with van der Waals surface area (Å²) in [7, 11) is 0. The molecule has 2 aromatic rings. The number of anilines is 1. The number of hydrogen-bond donors (Lipinski definition) is 1. The van der Waals surface area contributed by atoms with Gasteiger partial charge in [-0.1, -0.05) is 6.92 Å². The molecule has 0 atom stereocenters. The number of hydrazone groups is 1. The SMILES string of the molecule is CCc1nc(C#N)c(N/N=C\c2sccc2C)o1. The van der Waals surface area contributed by atoms with E-state index in [1.165, 1.54) is 0 Å². The van der Waals surface area contributed by atoms with E-state index in [2.05, 4.69) is 15.5 Å². The highest BCUT2D eigenvalue weighted by Crippen LogP contribution is 2.17. The van der Waals surface area contributed by atoms with Crippen LogP contribution in [0.2, 0.25) is 0 Å². The van der Waals surface area contributed by atoms with Crippen molar-refractivity contribution in [3.8, 4) is 6.07 Å². The maximum absolute atomic E-state index is 8.89. The molecule has 0 amide bonds. The Labute approximate surface area is 109 Å². The van der Waals surface area contributed by atoms with E-state index in [0.29, 0.717) is 18.2 Å². The topological polar surface area (TPSA) is 74.2 Å². The van der Waals surface area contributed by atoms with Crippen LogP contribution < -0.4 is 5.43 Å². The number of nitrogens with zero attached hydrogens (tertiary/aromatic N) is 3. The molecule has 0 aromatic carbocycles. The highest BCUT2D eigenvalue weighted by atomic mass is 32.1. The number of aryl methyl sites for hydroxylation is 2. The van der Waals surface area contributed by atoms with Gasteiger partial charge in [-0.3, -0.25) is 0 Å². The molecule has 0 fully saturated rings. The van der Waals surface area contributed by atoms with Gasteiger partial charge in [0, 0.05) is 11.3 Å². The first-order valence-electron chi connectivity index (χ1n) is 5.47. The normalized spacial score (nSPS) is 10.7. The number of aromatic nitrogens is 1. The molecule has 5 nitrogen and oxygen atoms in total. The van der Waals surface area contributed by atoms with Crippen LogP contribution in [0.15, 0.2) is 21.0 Å². The second kappa shape index (κ2) is 5.47. The molecule has 2 heterocycles. The van der Waals surface area contributed by atoms with Crippen LogP contribution in [0.25, 0.3) is 0 Å². The molecule has 0 unspecified atom stereocenters. The fourth-order valence-corrected chi connectivity index (χ4v) is 2.12. The Balaban J connectivity index is 2.11. The molecule has 1 N–H and O–H groups in total. The summed E-state index contributed by atoms with van der Waals surface area (Å²) in [4.78, 5) is 5.08. The predicted molar refractivity (Wildman–Crippen MR) is 70.9 cm³/mol. The summed E-state index contributed by atoms with van der Waals surface area (Å²) in [6.07, 6.45) is 2.35. The van der Waals surface area contributed by atoms with Gasteiger partial charge in [-0.05, 0) is 23.9 Å². The van der Waals surface area contributed by atoms with Crippen LogP contribution in [0.5, 0.6) is 0 Å². The van der Waals surface area contributed by atoms with Crippen molar-refractivity contribution < 1.29 is 4.42 Å². The number of nitriles is 1. The van der Waals surface area contributed by atoms with Gasteiger partial charge in [-0.2, -0.15) is 10.4 Å². The van der Waals surface area contributed by atoms with E-state index in [1.54, 1.807) is 17.6 Å². The minimum absolute atomic E-state index is 0.229. The molecular formula is C12H12N4OS. The van der Waals surface area contributed by atoms with Crippen molar-refractivity contribution in [2.24, 2.45) is 5.10 Å². The van der Waals surface area contributed by atoms with E-state index >= 15 is 0 Å². The monoisotopic (exact) mass is 260 g/mol. The number of rotatable bonds is 4. The zero-order valence-electron chi connectivity index (χ0n) is 10.1. The Morgan fingerprint density at radius 1 is 1.67 bits per heavy atom. The number of hydrogen-bond acceptors (Lipinski definition) is 6. The Morgan fingerprint density at radius 2 is 2.50 bits per heavy atom. The number of thiophene rings is 1. The third kappa shape index (κ3) is 2.57. The molecule has 0 aliphatic heterocycles. The highest BCUT2D eigenvalue weighted by molar-refractivity contribution is 7.11. The largest absolute Gasteiger partial charge is 0.422 e. The van der Waals surface area contributed by atoms with Gasteiger partial charge in [-0.25, -0.2) is 10.4 Å². The molecule has 0 aliphatic rings. The molecule has 2 aromatic heterocycles. The molecule has 0 saturated carbocycles. The van der Waals surface area contributed by atoms with Crippen molar-refractivity contribution in [1.82, 2.24) is 4.98 Å². The summed E-state index contributed by atoms with van der Waals surface area (Å²) in [5.41, 5.74) is 4.10. The van der Waals surface area contributed by atoms with Gasteiger partial charge < -0.3 is 4.42 Å². The van der Waals surface area contributed by atoms with E-state index < -0.39 is 0 Å². The average molecular weight is 260 g/mol. The van der Waals surface area contributed by atoms with Crippen molar-refractivity contribution in [2.45, 2.75) is 20.3 Å². The summed E-state index contributed by atoms with van der Waals surface area (Å²) < 4.78 is 5.35. The van der Waals surface area contributed by atoms with E-state index in [1.807, 2.05) is 31.4 Å². The Bertz CT molecular complexity index is 606. The lowest BCUT2D eigenvalue weighted by Gasteiger charge is -1.94. The molecule has 2 rings (SSSR count). The summed E-state index contributed by atoms with van der Waals surface area (Å²) >= 11 is 1.60. The van der Waals surface area contributed by atoms with Gasteiger partial charge in [0.25, 0.3) is 5.88 Å². The first-order valence-corrected chi connectivity index (χ1v) is 6.35. The standard InChI is InChI=1S/C12H12N4OS/c1-3-11-15-9(6-13)12(17-11)16-14-7-10-8(2)4-5-18-10/h4-5,7,16H,3H2,1-2H3/b14-7-. The quantitative estimate of drug-likeness (QED) is 0.677. The molecule has 0 saturated heterocycles. The van der Waals surface area contributed by atoms with Crippen LogP contribution in [0, 0.1) is 18.3 Å². The van der Waals surface area contributed by atoms with Crippen molar-refractivity contribution in [3.63, 3.8) is 0 Å². The van der Waals surface area contributed by atoms with Gasteiger partial charge in [0.2, 0.25) is 5.69 Å². The smallest absolute Gasteiger partial charge is 0.252 e. The first kappa shape index (κ1) is 12.3. The maximum Gasteiger partial charge on any atom is 0.252 e. The second-order valence-corrected chi connectivity index (χ2v) is 4.54. The summed E-state index contributed by atoms with van der Waals surface area (Å²) in [6, 6.07) is 3.99. The fraction of sp³-hybridized carbons (Fsp3) is 0.250. The summed E-state index contributed by atoms with van der Waals surface area (Å²) in [5, 5.41) is 14.9. The maximum atomic E-state index is 8.89. The van der Waals surface area contributed by atoms with E-state index in [-0.39, 0.29) is 5.69 Å². The first-order chi connectivity index (χ1) is 8.74. The third-order valence-electron chi connectivity index (χ3n) is 2.33. The summed E-state index contributed by atoms with van der Waals surface area (Å²) in [6.45, 7) is 3.93. The lowest BCUT2D eigenvalue weighted by molar-refractivity contribution is 0.513. The Hall–Kier alpha value is -2.13. The second-order valence-electron chi connectivity index (χ2n) is 3.59. The van der Waals surface area contributed by atoms with Gasteiger partial charge in [0.15, 0.2) is 5.89 Å². The highest BCUT2D eigenvalue weighted by Gasteiger charge is 2.10. The molecule has 0 spiro atoms. The Morgan fingerprint density at radius 3 is 3.11 bits per heavy atom. The molecule has 0 radical (unpaired) electrons. The number of oxazole rings is 1. The van der Waals surface area contributed by atoms with Crippen LogP contribution in [0.1, 0.15) is 28.9 Å². The third-order valence-corrected chi connectivity index (χ3v) is 3.28. The van der Waals surface area contributed by atoms with Crippen molar-refractivity contribution in [1.29, 1.82) is 5.26 Å². The molecular weight excluding hydrogens is 248 g/mol. The van der Waals surface area contributed by atoms with Gasteiger partial charge in [-0.15, -0.1) is 11.3 Å². The predicted octanol–water partition coefficient (Wildman–Crippen LogP) is 2.92. The molecule has 6 heteroatoms. The Kier molecular flexibility index (Phi) is 3.75. The van der Waals surface area contributed by atoms with E-state index in [4.69, 9.17) is 9.68 Å². The average Bonchev–Trinajstić information content (AvgIpc) is 2.96. The minimum Gasteiger partial charge on any atom is -0.422 e. The zero-order chi connectivity index (χ0) is 13.0. The van der Waals surface area contributed by atoms with E-state index in [0.717, 1.165) is 10.4 Å². The van der Waals surface area contributed by atoms with Crippen LogP contribution in [-0.2, 0) is 6.42 Å². The minimum atomic E-state index is 0.229. The molecule has 0 aliphatic carbocycles. The molecule has 0 bridgehead atoms. The van der Waals surface area contributed by atoms with Crippen LogP contribution >= 0.6 is 11.3 Å². The van der Waals surface area contributed by atoms with Gasteiger partial charge in [0.05, 0.1) is 6.21 Å². The number of nitrogens with one attached hydrogen (secondary N) is 1. The lowest BCUT2D eigenvalue weighted by atomic mass is 10.3. The van der Waals surface area contributed by atoms with Crippen LogP contribution in [0.4, 0.5) is 5.88 Å². The van der Waals surface area contributed by atoms with E-state index in [9.17, 15) is 0 Å². The van der Waals surface area contributed by atoms with Crippen molar-refractivity contribution in [2.75, 3.05) is 5.43 Å². The van der Waals surface area contributed by atoms with Gasteiger partial charge >= 0.3 is 0 Å². The molecule has 18 heavy (non-hydrogen) atoms. The lowest BCUT2D eigenvalue weighted by Crippen LogP contribution is -1.91. The summed E-state index contributed by atoms with van der Waals surface area (Å²) in [5.74, 6) is 0.816. The van der Waals surface area contributed by atoms with Crippen molar-refractivity contribution in [3.05, 3.63) is 33.5 Å². The van der Waals surface area contributed by atoms with Crippen LogP contribution in [0.3, 0.4) is 0 Å². The molecule has 92 valence electrons. The fourth-order valence-electron chi connectivity index (χ4n) is 1.33. The van der Waals surface area contributed by atoms with Crippen molar-refractivity contribution >= 4 is 23.4 Å². The zero-order valence-corrected chi connectivity index (χ0v) is 10.9.